The summed E-state index contributed by atoms with van der Waals surface area (Å²) in [6.07, 6.45) is 2.24. The number of nitrogens with zero attached hydrogens (tertiary/aromatic N) is 3. The second-order valence-corrected chi connectivity index (χ2v) is 9.86. The lowest BCUT2D eigenvalue weighted by atomic mass is 9.83. The van der Waals surface area contributed by atoms with Gasteiger partial charge >= 0.3 is 0 Å². The number of aromatic nitrogens is 3. The fourth-order valence-corrected chi connectivity index (χ4v) is 5.27. The number of hydrogen-bond donors (Lipinski definition) is 2. The van der Waals surface area contributed by atoms with Crippen molar-refractivity contribution in [1.82, 2.24) is 19.4 Å². The first-order valence-corrected chi connectivity index (χ1v) is 11.7. The van der Waals surface area contributed by atoms with E-state index >= 15 is 0 Å². The highest BCUT2D eigenvalue weighted by Crippen LogP contribution is 2.35. The summed E-state index contributed by atoms with van der Waals surface area (Å²) in [5, 5.41) is 10.4. The molecule has 0 saturated carbocycles. The second-order valence-electron chi connectivity index (χ2n) is 8.89. The van der Waals surface area contributed by atoms with E-state index in [1.165, 1.54) is 0 Å². The number of nitrogens with one attached hydrogen (secondary N) is 1. The highest BCUT2D eigenvalue weighted by Gasteiger charge is 2.36. The number of hydrogen-bond acceptors (Lipinski definition) is 6. The molecule has 1 saturated heterocycles. The topological polar surface area (TPSA) is 108 Å². The summed E-state index contributed by atoms with van der Waals surface area (Å²) in [5.41, 5.74) is 0.968. The number of piperidine rings is 1. The van der Waals surface area contributed by atoms with Gasteiger partial charge in [0.1, 0.15) is 0 Å². The van der Waals surface area contributed by atoms with Crippen LogP contribution in [0.3, 0.4) is 0 Å². The van der Waals surface area contributed by atoms with Crippen LogP contribution in [-0.4, -0.2) is 49.3 Å². The Hall–Kier alpha value is -2.55. The number of fused-ring (bicyclic) bond motifs is 4. The van der Waals surface area contributed by atoms with E-state index in [4.69, 9.17) is 0 Å². The molecule has 2 aromatic rings. The van der Waals surface area contributed by atoms with Gasteiger partial charge in [-0.05, 0) is 37.2 Å². The van der Waals surface area contributed by atoms with Gasteiger partial charge in [0.2, 0.25) is 11.8 Å². The van der Waals surface area contributed by atoms with E-state index in [0.29, 0.717) is 37.5 Å². The predicted octanol–water partition coefficient (Wildman–Crippen LogP) is 1.96. The van der Waals surface area contributed by atoms with Gasteiger partial charge in [-0.15, -0.1) is 0 Å². The van der Waals surface area contributed by atoms with Crippen molar-refractivity contribution in [1.29, 1.82) is 0 Å². The first-order valence-electron chi connectivity index (χ1n) is 10.7. The molecule has 4 heterocycles. The van der Waals surface area contributed by atoms with Gasteiger partial charge in [-0.25, -0.2) is 0 Å². The molecule has 2 bridgehead atoms. The molecule has 0 aromatic carbocycles. The zero-order chi connectivity index (χ0) is 22.1. The molecule has 0 spiro atoms. The third kappa shape index (κ3) is 4.71. The maximum Gasteiger partial charge on any atom is 0.258 e. The summed E-state index contributed by atoms with van der Waals surface area (Å²) in [5.74, 6) is 0.695. The van der Waals surface area contributed by atoms with Crippen LogP contribution in [0.1, 0.15) is 43.9 Å². The first-order chi connectivity index (χ1) is 14.8. The van der Waals surface area contributed by atoms with E-state index in [0.717, 1.165) is 30.3 Å². The SMILES string of the molecule is CC(C)CCc1c(O)nc(SCC(=O)N2C[C@H]3C[C@H](C2)c2cccc(=O)n2C3)[nH]c1=O. The molecular weight excluding hydrogens is 416 g/mol. The van der Waals surface area contributed by atoms with Gasteiger partial charge in [0.15, 0.2) is 5.16 Å². The number of thioether (sulfide) groups is 1. The zero-order valence-corrected chi connectivity index (χ0v) is 18.7. The number of pyridine rings is 1. The molecule has 1 fully saturated rings. The summed E-state index contributed by atoms with van der Waals surface area (Å²) in [6, 6.07) is 5.34. The van der Waals surface area contributed by atoms with E-state index < -0.39 is 0 Å². The monoisotopic (exact) mass is 444 g/mol. The Balaban J connectivity index is 1.40. The molecule has 0 radical (unpaired) electrons. The number of H-pyrrole nitrogens is 1. The highest BCUT2D eigenvalue weighted by atomic mass is 32.2. The minimum Gasteiger partial charge on any atom is -0.493 e. The first kappa shape index (κ1) is 21.7. The van der Waals surface area contributed by atoms with Crippen molar-refractivity contribution in [2.45, 2.75) is 50.7 Å². The molecule has 2 aliphatic rings. The van der Waals surface area contributed by atoms with E-state index in [-0.39, 0.29) is 45.7 Å². The largest absolute Gasteiger partial charge is 0.493 e. The standard InChI is InChI=1S/C22H28N4O4S/c1-13(2)6-7-16-20(29)23-22(24-21(16)30)31-12-19(28)25-9-14-8-15(11-25)17-4-3-5-18(27)26(17)10-14/h3-5,13-15H,6-12H2,1-2H3,(H2,23,24,29,30)/t14-,15-/m1/s1. The van der Waals surface area contributed by atoms with E-state index in [1.54, 1.807) is 12.1 Å². The van der Waals surface area contributed by atoms with Crippen LogP contribution in [0.4, 0.5) is 0 Å². The zero-order valence-electron chi connectivity index (χ0n) is 17.8. The molecule has 9 heteroatoms. The van der Waals surface area contributed by atoms with Gasteiger partial charge in [0.25, 0.3) is 11.1 Å². The average molecular weight is 445 g/mol. The summed E-state index contributed by atoms with van der Waals surface area (Å²) >= 11 is 1.13. The Labute approximate surface area is 184 Å². The molecule has 2 aromatic heterocycles. The summed E-state index contributed by atoms with van der Waals surface area (Å²) in [7, 11) is 0. The summed E-state index contributed by atoms with van der Waals surface area (Å²) < 4.78 is 1.84. The average Bonchev–Trinajstić information content (AvgIpc) is 2.72. The van der Waals surface area contributed by atoms with Crippen molar-refractivity contribution in [3.63, 3.8) is 0 Å². The molecule has 4 rings (SSSR count). The molecule has 0 aliphatic carbocycles. The van der Waals surface area contributed by atoms with Gasteiger partial charge in [-0.3, -0.25) is 14.4 Å². The lowest BCUT2D eigenvalue weighted by molar-refractivity contribution is -0.131. The van der Waals surface area contributed by atoms with E-state index in [2.05, 4.69) is 23.8 Å². The van der Waals surface area contributed by atoms with Crippen LogP contribution in [0.25, 0.3) is 0 Å². The number of rotatable bonds is 6. The number of carbonyl (C=O) groups excluding carboxylic acids is 1. The Morgan fingerprint density at radius 1 is 1.29 bits per heavy atom. The maximum atomic E-state index is 12.8. The van der Waals surface area contributed by atoms with E-state index in [1.807, 2.05) is 15.5 Å². The predicted molar refractivity (Wildman–Crippen MR) is 119 cm³/mol. The second kappa shape index (κ2) is 8.90. The van der Waals surface area contributed by atoms with Gasteiger partial charge in [0.05, 0.1) is 11.3 Å². The van der Waals surface area contributed by atoms with Crippen LogP contribution >= 0.6 is 11.8 Å². The lowest BCUT2D eigenvalue weighted by Gasteiger charge is -2.42. The molecule has 2 atom stereocenters. The van der Waals surface area contributed by atoms with Gasteiger partial charge in [-0.1, -0.05) is 31.7 Å². The number of aromatic amines is 1. The lowest BCUT2D eigenvalue weighted by Crippen LogP contribution is -2.49. The molecular formula is C22H28N4O4S. The number of aromatic hydroxyl groups is 1. The Morgan fingerprint density at radius 3 is 2.84 bits per heavy atom. The molecule has 2 aliphatic heterocycles. The third-order valence-electron chi connectivity index (χ3n) is 6.11. The quantitative estimate of drug-likeness (QED) is 0.521. The van der Waals surface area contributed by atoms with Crippen LogP contribution in [-0.2, 0) is 17.8 Å². The Bertz CT molecular complexity index is 1090. The molecule has 31 heavy (non-hydrogen) atoms. The third-order valence-corrected chi connectivity index (χ3v) is 6.97. The van der Waals surface area contributed by atoms with Gasteiger partial charge in [0, 0.05) is 37.3 Å². The molecule has 8 nitrogen and oxygen atoms in total. The Morgan fingerprint density at radius 2 is 2.10 bits per heavy atom. The summed E-state index contributed by atoms with van der Waals surface area (Å²) in [4.78, 5) is 45.9. The van der Waals surface area contributed by atoms with Crippen LogP contribution in [0.5, 0.6) is 5.88 Å². The van der Waals surface area contributed by atoms with Gasteiger partial charge < -0.3 is 19.6 Å². The van der Waals surface area contributed by atoms with Crippen molar-refractivity contribution >= 4 is 17.7 Å². The van der Waals surface area contributed by atoms with Crippen molar-refractivity contribution < 1.29 is 9.90 Å². The normalized spacial score (nSPS) is 20.0. The molecule has 0 unspecified atom stereocenters. The minimum absolute atomic E-state index is 0.0224. The van der Waals surface area contributed by atoms with E-state index in [9.17, 15) is 19.5 Å². The number of amides is 1. The fraction of sp³-hybridized carbons (Fsp3) is 0.545. The van der Waals surface area contributed by atoms with Crippen LogP contribution in [0.15, 0.2) is 32.9 Å². The van der Waals surface area contributed by atoms with Crippen LogP contribution in [0.2, 0.25) is 0 Å². The fourth-order valence-electron chi connectivity index (χ4n) is 4.51. The molecule has 1 amide bonds. The minimum atomic E-state index is -0.349. The smallest absolute Gasteiger partial charge is 0.258 e. The van der Waals surface area contributed by atoms with Crippen molar-refractivity contribution in [3.8, 4) is 5.88 Å². The maximum absolute atomic E-state index is 12.8. The van der Waals surface area contributed by atoms with Crippen molar-refractivity contribution in [3.05, 3.63) is 50.2 Å². The van der Waals surface area contributed by atoms with Gasteiger partial charge in [-0.2, -0.15) is 4.98 Å². The summed E-state index contributed by atoms with van der Waals surface area (Å²) in [6.45, 7) is 5.96. The number of likely N-dealkylation sites (tertiary alicyclic amines) is 1. The molecule has 2 N–H and O–H groups in total. The molecule has 166 valence electrons. The Kier molecular flexibility index (Phi) is 6.22. The van der Waals surface area contributed by atoms with Crippen molar-refractivity contribution in [2.24, 2.45) is 11.8 Å². The van der Waals surface area contributed by atoms with Crippen LogP contribution in [0, 0.1) is 11.8 Å². The number of carbonyl (C=O) groups is 1. The van der Waals surface area contributed by atoms with Crippen molar-refractivity contribution in [2.75, 3.05) is 18.8 Å². The highest BCUT2D eigenvalue weighted by molar-refractivity contribution is 7.99. The van der Waals surface area contributed by atoms with Crippen LogP contribution < -0.4 is 11.1 Å².